The van der Waals surface area contributed by atoms with Gasteiger partial charge < -0.3 is 4.90 Å². The van der Waals surface area contributed by atoms with Gasteiger partial charge in [0, 0.05) is 52.9 Å². The van der Waals surface area contributed by atoms with Crippen molar-refractivity contribution in [2.45, 2.75) is 45.6 Å². The average Bonchev–Trinajstić information content (AvgIpc) is 3.24. The highest BCUT2D eigenvalue weighted by atomic mass is 35.5. The van der Waals surface area contributed by atoms with Crippen LogP contribution in [0.3, 0.4) is 0 Å². The van der Waals surface area contributed by atoms with E-state index in [1.807, 2.05) is 48.2 Å². The van der Waals surface area contributed by atoms with E-state index in [0.717, 1.165) is 49.2 Å². The molecule has 0 saturated carbocycles. The van der Waals surface area contributed by atoms with Crippen LogP contribution in [0.1, 0.15) is 49.2 Å². The molecule has 1 saturated heterocycles. The summed E-state index contributed by atoms with van der Waals surface area (Å²) < 4.78 is 1.74. The maximum atomic E-state index is 13.8. The van der Waals surface area contributed by atoms with Crippen molar-refractivity contribution in [2.75, 3.05) is 26.2 Å². The largest absolute Gasteiger partial charge is 0.335 e. The zero-order valence-corrected chi connectivity index (χ0v) is 23.9. The molecule has 0 atom stereocenters. The number of rotatable bonds is 8. The molecule has 1 fully saturated rings. The lowest BCUT2D eigenvalue weighted by atomic mass is 9.86. The normalized spacial score (nSPS) is 14.7. The Balaban J connectivity index is 1.68. The highest BCUT2D eigenvalue weighted by Crippen LogP contribution is 2.34. The van der Waals surface area contributed by atoms with Crippen LogP contribution in [0.2, 0.25) is 15.1 Å². The van der Waals surface area contributed by atoms with Gasteiger partial charge in [-0.2, -0.15) is 5.10 Å². The summed E-state index contributed by atoms with van der Waals surface area (Å²) in [6, 6.07) is 12.8. The molecule has 0 unspecified atom stereocenters. The number of nitrogens with zero attached hydrogens (tertiary/aromatic N) is 4. The van der Waals surface area contributed by atoms with Gasteiger partial charge in [0.2, 0.25) is 0 Å². The lowest BCUT2D eigenvalue weighted by Crippen LogP contribution is -2.57. The number of hydrogen-bond acceptors (Lipinski definition) is 3. The van der Waals surface area contributed by atoms with Crippen LogP contribution in [-0.4, -0.2) is 57.2 Å². The number of piperazine rings is 1. The van der Waals surface area contributed by atoms with Crippen molar-refractivity contribution in [3.05, 3.63) is 81.4 Å². The lowest BCUT2D eigenvalue weighted by molar-refractivity contribution is 0.0240. The Hall–Kier alpha value is -2.31. The number of carbonyl (C=O) groups is 1. The third-order valence-electron chi connectivity index (χ3n) is 7.66. The summed E-state index contributed by atoms with van der Waals surface area (Å²) >= 11 is 18.9. The molecular weight excluding hydrogens is 527 g/mol. The number of hydrogen-bond donors (Lipinski definition) is 0. The molecular formula is C29H33Cl3N4O. The van der Waals surface area contributed by atoms with Crippen LogP contribution in [0, 0.1) is 6.92 Å². The van der Waals surface area contributed by atoms with Crippen LogP contribution in [0.25, 0.3) is 16.9 Å². The van der Waals surface area contributed by atoms with Crippen molar-refractivity contribution in [3.8, 4) is 16.9 Å². The standard InChI is InChI=1S/C29H33Cl3N4O/c1-5-14-29(6-2,7-3)35-17-15-34(16-18-35)28(37)26-20(4)27(21-8-10-22(30)11-9-21)36(33-26)25-13-12-23(31)19-24(25)32/h5,8-13,19H,1,6-7,14-18H2,2-4H3. The van der Waals surface area contributed by atoms with E-state index in [0.29, 0.717) is 39.5 Å². The van der Waals surface area contributed by atoms with Gasteiger partial charge in [-0.05, 0) is 56.5 Å². The van der Waals surface area contributed by atoms with Gasteiger partial charge in [0.25, 0.3) is 5.91 Å². The van der Waals surface area contributed by atoms with E-state index < -0.39 is 0 Å². The van der Waals surface area contributed by atoms with Crippen LogP contribution < -0.4 is 0 Å². The maximum Gasteiger partial charge on any atom is 0.274 e. The van der Waals surface area contributed by atoms with E-state index in [4.69, 9.17) is 39.9 Å². The second kappa shape index (κ2) is 11.6. The first-order chi connectivity index (χ1) is 17.7. The molecule has 4 rings (SSSR count). The minimum Gasteiger partial charge on any atom is -0.335 e. The first-order valence-electron chi connectivity index (χ1n) is 12.7. The van der Waals surface area contributed by atoms with Crippen LogP contribution in [0.5, 0.6) is 0 Å². The highest BCUT2D eigenvalue weighted by molar-refractivity contribution is 6.35. The predicted octanol–water partition coefficient (Wildman–Crippen LogP) is 7.70. The molecule has 1 aromatic heterocycles. The zero-order valence-electron chi connectivity index (χ0n) is 21.6. The number of benzene rings is 2. The molecule has 1 aliphatic heterocycles. The molecule has 5 nitrogen and oxygen atoms in total. The van der Waals surface area contributed by atoms with Crippen molar-refractivity contribution in [1.82, 2.24) is 19.6 Å². The van der Waals surface area contributed by atoms with Crippen molar-refractivity contribution in [3.63, 3.8) is 0 Å². The minimum absolute atomic E-state index is 0.0708. The van der Waals surface area contributed by atoms with Crippen LogP contribution in [0.4, 0.5) is 0 Å². The molecule has 2 heterocycles. The van der Waals surface area contributed by atoms with Gasteiger partial charge in [-0.15, -0.1) is 6.58 Å². The summed E-state index contributed by atoms with van der Waals surface area (Å²) in [5, 5.41) is 6.44. The fourth-order valence-corrected chi connectivity index (χ4v) is 6.00. The topological polar surface area (TPSA) is 41.4 Å². The Labute approximate surface area is 234 Å². The van der Waals surface area contributed by atoms with Gasteiger partial charge in [-0.25, -0.2) is 4.68 Å². The lowest BCUT2D eigenvalue weighted by Gasteiger charge is -2.47. The average molecular weight is 560 g/mol. The second-order valence-electron chi connectivity index (χ2n) is 9.54. The Kier molecular flexibility index (Phi) is 8.70. The quantitative estimate of drug-likeness (QED) is 0.266. The summed E-state index contributed by atoms with van der Waals surface area (Å²) in [6.45, 7) is 13.4. The zero-order chi connectivity index (χ0) is 26.7. The number of aromatic nitrogens is 2. The van der Waals surface area contributed by atoms with Crippen molar-refractivity contribution >= 4 is 40.7 Å². The first kappa shape index (κ1) is 27.7. The fourth-order valence-electron chi connectivity index (χ4n) is 5.39. The SMILES string of the molecule is C=CCC(CC)(CC)N1CCN(C(=O)c2nn(-c3ccc(Cl)cc3Cl)c(-c3ccc(Cl)cc3)c2C)CC1. The Morgan fingerprint density at radius 2 is 1.62 bits per heavy atom. The molecule has 1 amide bonds. The maximum absolute atomic E-state index is 13.8. The van der Waals surface area contributed by atoms with Crippen LogP contribution in [-0.2, 0) is 0 Å². The van der Waals surface area contributed by atoms with Gasteiger partial charge in [0.1, 0.15) is 0 Å². The summed E-state index contributed by atoms with van der Waals surface area (Å²) in [5.41, 5.74) is 3.66. The summed E-state index contributed by atoms with van der Waals surface area (Å²) in [7, 11) is 0. The third-order valence-corrected chi connectivity index (χ3v) is 8.45. The molecule has 1 aliphatic rings. The van der Waals surface area contributed by atoms with Crippen molar-refractivity contribution in [2.24, 2.45) is 0 Å². The summed E-state index contributed by atoms with van der Waals surface area (Å²) in [6.07, 6.45) is 5.07. The van der Waals surface area contributed by atoms with Gasteiger partial charge in [-0.3, -0.25) is 9.69 Å². The molecule has 0 spiro atoms. The monoisotopic (exact) mass is 558 g/mol. The molecule has 0 aliphatic carbocycles. The van der Waals surface area contributed by atoms with Gasteiger partial charge in [0.05, 0.1) is 16.4 Å². The molecule has 0 N–H and O–H groups in total. The van der Waals surface area contributed by atoms with Crippen molar-refractivity contribution in [1.29, 1.82) is 0 Å². The third kappa shape index (κ3) is 5.46. The first-order valence-corrected chi connectivity index (χ1v) is 13.8. The molecule has 3 aromatic rings. The summed E-state index contributed by atoms with van der Waals surface area (Å²) in [5.74, 6) is -0.0708. The van der Waals surface area contributed by atoms with E-state index in [1.165, 1.54) is 0 Å². The Morgan fingerprint density at radius 1 is 1.00 bits per heavy atom. The van der Waals surface area contributed by atoms with Gasteiger partial charge in [0.15, 0.2) is 5.69 Å². The smallest absolute Gasteiger partial charge is 0.274 e. The van der Waals surface area contributed by atoms with E-state index >= 15 is 0 Å². The Bertz CT molecular complexity index is 1270. The minimum atomic E-state index is -0.0708. The number of carbonyl (C=O) groups excluding carboxylic acids is 1. The Morgan fingerprint density at radius 3 is 2.19 bits per heavy atom. The van der Waals surface area contributed by atoms with E-state index in [1.54, 1.807) is 16.8 Å². The molecule has 8 heteroatoms. The molecule has 2 aromatic carbocycles. The van der Waals surface area contributed by atoms with E-state index in [9.17, 15) is 4.79 Å². The van der Waals surface area contributed by atoms with Gasteiger partial charge >= 0.3 is 0 Å². The molecule has 0 radical (unpaired) electrons. The molecule has 196 valence electrons. The molecule has 0 bridgehead atoms. The van der Waals surface area contributed by atoms with E-state index in [2.05, 4.69) is 25.3 Å². The fraction of sp³-hybridized carbons (Fsp3) is 0.379. The number of halogens is 3. The van der Waals surface area contributed by atoms with Gasteiger partial charge in [-0.1, -0.05) is 66.9 Å². The van der Waals surface area contributed by atoms with E-state index in [-0.39, 0.29) is 11.4 Å². The highest BCUT2D eigenvalue weighted by Gasteiger charge is 2.36. The predicted molar refractivity (Wildman–Crippen MR) is 154 cm³/mol. The summed E-state index contributed by atoms with van der Waals surface area (Å²) in [4.78, 5) is 18.2. The molecule has 37 heavy (non-hydrogen) atoms. The van der Waals surface area contributed by atoms with Crippen molar-refractivity contribution < 1.29 is 4.79 Å². The van der Waals surface area contributed by atoms with Crippen LogP contribution >= 0.6 is 34.8 Å². The second-order valence-corrected chi connectivity index (χ2v) is 10.8. The van der Waals surface area contributed by atoms with Crippen LogP contribution in [0.15, 0.2) is 55.1 Å². The number of amides is 1.